The van der Waals surface area contributed by atoms with Gasteiger partial charge < -0.3 is 5.11 Å². The third kappa shape index (κ3) is 13.2. The summed E-state index contributed by atoms with van der Waals surface area (Å²) in [5.41, 5.74) is 0. The minimum absolute atomic E-state index is 0.316. The molecular weight excluding hydrogens is 268 g/mol. The van der Waals surface area contributed by atoms with E-state index < -0.39 is 0 Å². The van der Waals surface area contributed by atoms with Gasteiger partial charge in [0.05, 0.1) is 6.61 Å². The minimum Gasteiger partial charge on any atom is -0.396 e. The average Bonchev–Trinajstić information content (AvgIpc) is 2.30. The highest BCUT2D eigenvalue weighted by Crippen LogP contribution is 2.18. The number of aliphatic hydroxyl groups is 1. The maximum atomic E-state index is 8.70. The molecule has 0 saturated heterocycles. The molecule has 0 spiro atoms. The van der Waals surface area contributed by atoms with E-state index in [2.05, 4.69) is 44.3 Å². The van der Waals surface area contributed by atoms with Gasteiger partial charge >= 0.3 is 0 Å². The number of hydrogen-bond donors (Lipinski definition) is 1. The fraction of sp³-hybridized carbons (Fsp3) is 1.00. The molecule has 1 nitrogen and oxygen atoms in total. The maximum Gasteiger partial charge on any atom is 0.0521 e. The molecule has 0 saturated carbocycles. The summed E-state index contributed by atoms with van der Waals surface area (Å²) < 4.78 is 0. The van der Waals surface area contributed by atoms with Crippen molar-refractivity contribution in [3.8, 4) is 0 Å². The Balaban J connectivity index is 3.29. The summed E-state index contributed by atoms with van der Waals surface area (Å²) in [4.78, 5) is 0. The summed E-state index contributed by atoms with van der Waals surface area (Å²) in [6, 6.07) is 0. The van der Waals surface area contributed by atoms with Crippen LogP contribution in [-0.2, 0) is 0 Å². The first kappa shape index (κ1) is 18.0. The number of hydrogen-bond acceptors (Lipinski definition) is 4. The van der Waals surface area contributed by atoms with E-state index in [0.717, 1.165) is 17.6 Å². The van der Waals surface area contributed by atoms with Gasteiger partial charge in [-0.05, 0) is 47.0 Å². The summed E-state index contributed by atoms with van der Waals surface area (Å²) >= 11 is 6.06. The van der Waals surface area contributed by atoms with E-state index in [9.17, 15) is 0 Å². The van der Waals surface area contributed by atoms with Gasteiger partial charge in [-0.1, -0.05) is 20.8 Å². The summed E-state index contributed by atoms with van der Waals surface area (Å²) in [6.07, 6.45) is 1.30. The SMILES string of the molecule is CCCSCC(C)CSCC(C)CSCCO. The minimum atomic E-state index is 0.316. The van der Waals surface area contributed by atoms with Crippen LogP contribution in [0.1, 0.15) is 27.2 Å². The molecule has 0 radical (unpaired) electrons. The molecule has 0 aliphatic heterocycles. The van der Waals surface area contributed by atoms with Crippen molar-refractivity contribution in [3.05, 3.63) is 0 Å². The van der Waals surface area contributed by atoms with E-state index in [4.69, 9.17) is 5.11 Å². The van der Waals surface area contributed by atoms with Gasteiger partial charge in [-0.2, -0.15) is 35.3 Å². The van der Waals surface area contributed by atoms with E-state index in [1.54, 1.807) is 0 Å². The molecule has 0 aromatic carbocycles. The van der Waals surface area contributed by atoms with Gasteiger partial charge in [0.2, 0.25) is 0 Å². The molecule has 104 valence electrons. The quantitative estimate of drug-likeness (QED) is 0.552. The summed E-state index contributed by atoms with van der Waals surface area (Å²) in [7, 11) is 0. The molecule has 0 aliphatic carbocycles. The van der Waals surface area contributed by atoms with Crippen molar-refractivity contribution in [2.75, 3.05) is 41.1 Å². The second kappa shape index (κ2) is 13.4. The van der Waals surface area contributed by atoms with Crippen molar-refractivity contribution >= 4 is 35.3 Å². The van der Waals surface area contributed by atoms with Crippen LogP contribution in [0.15, 0.2) is 0 Å². The van der Waals surface area contributed by atoms with Crippen LogP contribution in [-0.4, -0.2) is 46.2 Å². The van der Waals surface area contributed by atoms with Crippen LogP contribution in [0.4, 0.5) is 0 Å². The third-order valence-corrected chi connectivity index (χ3v) is 6.58. The van der Waals surface area contributed by atoms with Gasteiger partial charge in [0.15, 0.2) is 0 Å². The van der Waals surface area contributed by atoms with Gasteiger partial charge in [-0.25, -0.2) is 0 Å². The standard InChI is InChI=1S/C13H28OS3/c1-4-6-15-8-12(2)10-17-11-13(3)9-16-7-5-14/h12-14H,4-11H2,1-3H3. The zero-order valence-corrected chi connectivity index (χ0v) is 13.9. The Morgan fingerprint density at radius 3 is 1.76 bits per heavy atom. The smallest absolute Gasteiger partial charge is 0.0521 e. The number of thioether (sulfide) groups is 3. The predicted molar refractivity (Wildman–Crippen MR) is 87.7 cm³/mol. The molecule has 0 aromatic heterocycles. The lowest BCUT2D eigenvalue weighted by Gasteiger charge is -2.13. The summed E-state index contributed by atoms with van der Waals surface area (Å²) in [5.74, 6) is 8.87. The Hall–Kier alpha value is 1.01. The molecule has 0 bridgehead atoms. The maximum absolute atomic E-state index is 8.70. The second-order valence-electron chi connectivity index (χ2n) is 4.62. The number of aliphatic hydroxyl groups excluding tert-OH is 1. The lowest BCUT2D eigenvalue weighted by atomic mass is 10.3. The van der Waals surface area contributed by atoms with Crippen LogP contribution in [0.2, 0.25) is 0 Å². The van der Waals surface area contributed by atoms with E-state index in [1.165, 1.54) is 35.2 Å². The first-order chi connectivity index (χ1) is 8.20. The molecule has 0 amide bonds. The molecule has 4 heteroatoms. The van der Waals surface area contributed by atoms with Gasteiger partial charge in [0.1, 0.15) is 0 Å². The van der Waals surface area contributed by atoms with Crippen LogP contribution in [0.3, 0.4) is 0 Å². The zero-order chi connectivity index (χ0) is 12.9. The van der Waals surface area contributed by atoms with Crippen molar-refractivity contribution in [2.45, 2.75) is 27.2 Å². The van der Waals surface area contributed by atoms with Crippen molar-refractivity contribution in [1.82, 2.24) is 0 Å². The molecule has 0 fully saturated rings. The predicted octanol–water partition coefficient (Wildman–Crippen LogP) is 3.86. The highest BCUT2D eigenvalue weighted by atomic mass is 32.2. The summed E-state index contributed by atoms with van der Waals surface area (Å²) in [5, 5.41) is 8.70. The molecule has 1 N–H and O–H groups in total. The van der Waals surface area contributed by atoms with Gasteiger partial charge in [-0.3, -0.25) is 0 Å². The Labute approximate surface area is 120 Å². The number of rotatable bonds is 12. The fourth-order valence-corrected chi connectivity index (χ4v) is 4.61. The molecule has 0 aromatic rings. The van der Waals surface area contributed by atoms with Gasteiger partial charge in [0, 0.05) is 5.75 Å². The highest BCUT2D eigenvalue weighted by Gasteiger charge is 2.06. The zero-order valence-electron chi connectivity index (χ0n) is 11.5. The van der Waals surface area contributed by atoms with Gasteiger partial charge in [-0.15, -0.1) is 0 Å². The molecule has 0 rings (SSSR count). The molecular formula is C13H28OS3. The first-order valence-corrected chi connectivity index (χ1v) is 10.0. The Bertz CT molecular complexity index is 140. The van der Waals surface area contributed by atoms with Crippen molar-refractivity contribution < 1.29 is 5.11 Å². The largest absolute Gasteiger partial charge is 0.396 e. The van der Waals surface area contributed by atoms with Crippen LogP contribution in [0.5, 0.6) is 0 Å². The van der Waals surface area contributed by atoms with Crippen LogP contribution >= 0.6 is 35.3 Å². The monoisotopic (exact) mass is 296 g/mol. The average molecular weight is 297 g/mol. The highest BCUT2D eigenvalue weighted by molar-refractivity contribution is 8.00. The molecule has 0 aliphatic rings. The summed E-state index contributed by atoms with van der Waals surface area (Å²) in [6.45, 7) is 7.24. The normalized spacial score (nSPS) is 14.8. The molecule has 17 heavy (non-hydrogen) atoms. The van der Waals surface area contributed by atoms with Crippen molar-refractivity contribution in [2.24, 2.45) is 11.8 Å². The van der Waals surface area contributed by atoms with Crippen LogP contribution in [0, 0.1) is 11.8 Å². The van der Waals surface area contributed by atoms with E-state index in [-0.39, 0.29) is 0 Å². The molecule has 2 atom stereocenters. The molecule has 0 heterocycles. The second-order valence-corrected chi connectivity index (χ2v) is 8.00. The van der Waals surface area contributed by atoms with E-state index in [0.29, 0.717) is 6.61 Å². The van der Waals surface area contributed by atoms with Crippen LogP contribution < -0.4 is 0 Å². The molecule has 2 unspecified atom stereocenters. The first-order valence-electron chi connectivity index (χ1n) is 6.54. The van der Waals surface area contributed by atoms with Crippen LogP contribution in [0.25, 0.3) is 0 Å². The Morgan fingerprint density at radius 2 is 1.29 bits per heavy atom. The van der Waals surface area contributed by atoms with Crippen molar-refractivity contribution in [3.63, 3.8) is 0 Å². The van der Waals surface area contributed by atoms with Crippen molar-refractivity contribution in [1.29, 1.82) is 0 Å². The third-order valence-electron chi connectivity index (χ3n) is 2.19. The topological polar surface area (TPSA) is 20.2 Å². The Morgan fingerprint density at radius 1 is 0.824 bits per heavy atom. The Kier molecular flexibility index (Phi) is 14.2. The fourth-order valence-electron chi connectivity index (χ4n) is 1.34. The lowest BCUT2D eigenvalue weighted by Crippen LogP contribution is -2.07. The van der Waals surface area contributed by atoms with E-state index >= 15 is 0 Å². The lowest BCUT2D eigenvalue weighted by molar-refractivity contribution is 0.322. The van der Waals surface area contributed by atoms with E-state index in [1.807, 2.05) is 11.8 Å². The van der Waals surface area contributed by atoms with Gasteiger partial charge in [0.25, 0.3) is 0 Å².